The normalized spacial score (nSPS) is 23.0. The van der Waals surface area contributed by atoms with Gasteiger partial charge in [0.2, 0.25) is 0 Å². The SMILES string of the molecule is Cl.Cl.Cn1ncnc1CN1CCC(N)C(C)(C)C1. The van der Waals surface area contributed by atoms with Crippen LogP contribution in [0.1, 0.15) is 26.1 Å². The Labute approximate surface area is 121 Å². The molecule has 0 radical (unpaired) electrons. The van der Waals surface area contributed by atoms with Crippen LogP contribution in [0.2, 0.25) is 0 Å². The second-order valence-corrected chi connectivity index (χ2v) is 5.39. The number of nitrogens with zero attached hydrogens (tertiary/aromatic N) is 4. The summed E-state index contributed by atoms with van der Waals surface area (Å²) >= 11 is 0. The maximum Gasteiger partial charge on any atom is 0.140 e. The summed E-state index contributed by atoms with van der Waals surface area (Å²) in [6.45, 7) is 7.42. The minimum Gasteiger partial charge on any atom is -0.327 e. The largest absolute Gasteiger partial charge is 0.327 e. The molecule has 1 saturated heterocycles. The molecule has 0 spiro atoms. The first-order valence-electron chi connectivity index (χ1n) is 5.80. The van der Waals surface area contributed by atoms with Crippen LogP contribution in [0.15, 0.2) is 6.33 Å². The summed E-state index contributed by atoms with van der Waals surface area (Å²) in [6.07, 6.45) is 2.67. The zero-order valence-corrected chi connectivity index (χ0v) is 12.8. The van der Waals surface area contributed by atoms with Gasteiger partial charge in [0.05, 0.1) is 6.54 Å². The smallest absolute Gasteiger partial charge is 0.140 e. The highest BCUT2D eigenvalue weighted by Crippen LogP contribution is 2.28. The van der Waals surface area contributed by atoms with Crippen molar-refractivity contribution in [2.75, 3.05) is 13.1 Å². The monoisotopic (exact) mass is 295 g/mol. The first-order chi connectivity index (χ1) is 7.49. The summed E-state index contributed by atoms with van der Waals surface area (Å²) in [5, 5.41) is 4.09. The Bertz CT molecular complexity index is 366. The molecule has 7 heteroatoms. The predicted molar refractivity (Wildman–Crippen MR) is 77.1 cm³/mol. The average molecular weight is 296 g/mol. The van der Waals surface area contributed by atoms with E-state index < -0.39 is 0 Å². The summed E-state index contributed by atoms with van der Waals surface area (Å²) in [4.78, 5) is 6.67. The van der Waals surface area contributed by atoms with Crippen LogP contribution in [0.25, 0.3) is 0 Å². The van der Waals surface area contributed by atoms with Crippen molar-refractivity contribution in [3.8, 4) is 0 Å². The number of rotatable bonds is 2. The molecule has 1 aliphatic rings. The molecule has 5 nitrogen and oxygen atoms in total. The third kappa shape index (κ3) is 3.82. The lowest BCUT2D eigenvalue weighted by atomic mass is 9.80. The van der Waals surface area contributed by atoms with Crippen molar-refractivity contribution in [2.24, 2.45) is 18.2 Å². The Kier molecular flexibility index (Phi) is 6.57. The van der Waals surface area contributed by atoms with Crippen LogP contribution in [0.4, 0.5) is 0 Å². The van der Waals surface area contributed by atoms with E-state index in [-0.39, 0.29) is 30.2 Å². The minimum atomic E-state index is 0. The molecular formula is C11H23Cl2N5. The van der Waals surface area contributed by atoms with E-state index in [9.17, 15) is 0 Å². The van der Waals surface area contributed by atoms with E-state index in [4.69, 9.17) is 5.73 Å². The predicted octanol–water partition coefficient (Wildman–Crippen LogP) is 1.22. The highest BCUT2D eigenvalue weighted by atomic mass is 35.5. The number of hydrogen-bond acceptors (Lipinski definition) is 4. The van der Waals surface area contributed by atoms with E-state index in [1.165, 1.54) is 0 Å². The first-order valence-corrected chi connectivity index (χ1v) is 5.80. The Morgan fingerprint density at radius 1 is 1.44 bits per heavy atom. The number of hydrogen-bond donors (Lipinski definition) is 1. The lowest BCUT2D eigenvalue weighted by Crippen LogP contribution is -2.52. The molecule has 1 unspecified atom stereocenters. The van der Waals surface area contributed by atoms with Crippen molar-refractivity contribution in [3.05, 3.63) is 12.2 Å². The van der Waals surface area contributed by atoms with Crippen LogP contribution >= 0.6 is 24.8 Å². The van der Waals surface area contributed by atoms with Crippen molar-refractivity contribution in [1.29, 1.82) is 0 Å². The fraction of sp³-hybridized carbons (Fsp3) is 0.818. The van der Waals surface area contributed by atoms with Crippen LogP contribution in [-0.4, -0.2) is 38.8 Å². The number of piperidine rings is 1. The van der Waals surface area contributed by atoms with Gasteiger partial charge in [-0.05, 0) is 11.8 Å². The van der Waals surface area contributed by atoms with Crippen LogP contribution in [0, 0.1) is 5.41 Å². The molecule has 18 heavy (non-hydrogen) atoms. The summed E-state index contributed by atoms with van der Waals surface area (Å²) in [6, 6.07) is 0.309. The Morgan fingerprint density at radius 3 is 2.61 bits per heavy atom. The maximum atomic E-state index is 6.12. The highest BCUT2D eigenvalue weighted by Gasteiger charge is 2.33. The number of nitrogens with two attached hydrogens (primary N) is 1. The summed E-state index contributed by atoms with van der Waals surface area (Å²) in [7, 11) is 1.93. The van der Waals surface area contributed by atoms with Gasteiger partial charge in [0.1, 0.15) is 12.2 Å². The molecule has 2 N–H and O–H groups in total. The topological polar surface area (TPSA) is 60.0 Å². The van der Waals surface area contributed by atoms with E-state index in [1.54, 1.807) is 6.33 Å². The molecule has 0 aliphatic carbocycles. The minimum absolute atomic E-state index is 0. The highest BCUT2D eigenvalue weighted by molar-refractivity contribution is 5.85. The second-order valence-electron chi connectivity index (χ2n) is 5.39. The van der Waals surface area contributed by atoms with Crippen molar-refractivity contribution >= 4 is 24.8 Å². The van der Waals surface area contributed by atoms with Crippen LogP contribution in [-0.2, 0) is 13.6 Å². The Balaban J connectivity index is 0.00000144. The molecule has 1 fully saturated rings. The third-order valence-corrected chi connectivity index (χ3v) is 3.56. The summed E-state index contributed by atoms with van der Waals surface area (Å²) in [5.41, 5.74) is 6.31. The van der Waals surface area contributed by atoms with Crippen molar-refractivity contribution < 1.29 is 0 Å². The lowest BCUT2D eigenvalue weighted by Gasteiger charge is -2.42. The Hall–Kier alpha value is -0.360. The van der Waals surface area contributed by atoms with Crippen LogP contribution in [0.5, 0.6) is 0 Å². The number of likely N-dealkylation sites (tertiary alicyclic amines) is 1. The van der Waals surface area contributed by atoms with E-state index >= 15 is 0 Å². The van der Waals surface area contributed by atoms with Gasteiger partial charge >= 0.3 is 0 Å². The van der Waals surface area contributed by atoms with E-state index in [2.05, 4.69) is 28.8 Å². The quantitative estimate of drug-likeness (QED) is 0.891. The van der Waals surface area contributed by atoms with Gasteiger partial charge < -0.3 is 5.73 Å². The summed E-state index contributed by atoms with van der Waals surface area (Å²) < 4.78 is 1.83. The number of halogens is 2. The first kappa shape index (κ1) is 17.6. The molecular weight excluding hydrogens is 273 g/mol. The number of aryl methyl sites for hydroxylation is 1. The van der Waals surface area contributed by atoms with E-state index in [0.29, 0.717) is 6.04 Å². The molecule has 1 aromatic heterocycles. The molecule has 1 aromatic rings. The van der Waals surface area contributed by atoms with E-state index in [1.807, 2.05) is 11.7 Å². The van der Waals surface area contributed by atoms with Crippen molar-refractivity contribution in [1.82, 2.24) is 19.7 Å². The number of aromatic nitrogens is 3. The van der Waals surface area contributed by atoms with Gasteiger partial charge in [-0.3, -0.25) is 9.58 Å². The van der Waals surface area contributed by atoms with Crippen LogP contribution < -0.4 is 5.73 Å². The van der Waals surface area contributed by atoms with E-state index in [0.717, 1.165) is 31.9 Å². The average Bonchev–Trinajstić information content (AvgIpc) is 2.58. The summed E-state index contributed by atoms with van der Waals surface area (Å²) in [5.74, 6) is 1.02. The second kappa shape index (κ2) is 6.70. The van der Waals surface area contributed by atoms with Gasteiger partial charge in [-0.1, -0.05) is 13.8 Å². The van der Waals surface area contributed by atoms with Gasteiger partial charge in [-0.2, -0.15) is 5.10 Å². The zero-order chi connectivity index (χ0) is 11.8. The Morgan fingerprint density at radius 2 is 2.11 bits per heavy atom. The van der Waals surface area contributed by atoms with Crippen LogP contribution in [0.3, 0.4) is 0 Å². The van der Waals surface area contributed by atoms with Gasteiger partial charge in [0.15, 0.2) is 0 Å². The fourth-order valence-electron chi connectivity index (χ4n) is 2.28. The molecule has 1 aliphatic heterocycles. The lowest BCUT2D eigenvalue weighted by molar-refractivity contribution is 0.0869. The van der Waals surface area contributed by atoms with Gasteiger partial charge in [-0.25, -0.2) is 4.98 Å². The maximum absolute atomic E-state index is 6.12. The standard InChI is InChI=1S/C11H21N5.2ClH/c1-11(2)7-16(5-4-9(11)12)6-10-13-8-14-15(10)3;;/h8-9H,4-7,12H2,1-3H3;2*1H. The molecule has 1 atom stereocenters. The van der Waals surface area contributed by atoms with Gasteiger partial charge in [-0.15, -0.1) is 24.8 Å². The fourth-order valence-corrected chi connectivity index (χ4v) is 2.28. The molecule has 2 heterocycles. The molecule has 0 bridgehead atoms. The van der Waals surface area contributed by atoms with Gasteiger partial charge in [0.25, 0.3) is 0 Å². The third-order valence-electron chi connectivity index (χ3n) is 3.56. The van der Waals surface area contributed by atoms with Gasteiger partial charge in [0, 0.05) is 26.2 Å². The molecule has 0 amide bonds. The molecule has 2 rings (SSSR count). The molecule has 106 valence electrons. The molecule has 0 saturated carbocycles. The molecule has 0 aromatic carbocycles. The van der Waals surface area contributed by atoms with Crippen molar-refractivity contribution in [2.45, 2.75) is 32.9 Å². The zero-order valence-electron chi connectivity index (χ0n) is 11.2. The van der Waals surface area contributed by atoms with Crippen molar-refractivity contribution in [3.63, 3.8) is 0 Å².